The number of hydrogen-bond donors (Lipinski definition) is 2. The van der Waals surface area contributed by atoms with Crippen LogP contribution in [0.15, 0.2) is 71.4 Å². The third kappa shape index (κ3) is 2.78. The summed E-state index contributed by atoms with van der Waals surface area (Å²) in [5, 5.41) is 18.9. The molecule has 2 aromatic heterocycles. The van der Waals surface area contributed by atoms with Gasteiger partial charge in [0.1, 0.15) is 5.60 Å². The fraction of sp³-hybridized carbons (Fsp3) is 0.217. The summed E-state index contributed by atoms with van der Waals surface area (Å²) in [6.45, 7) is 1.57. The molecule has 3 heterocycles. The third-order valence-electron chi connectivity index (χ3n) is 5.89. The molecule has 5 rings (SSSR count). The van der Waals surface area contributed by atoms with E-state index in [-0.39, 0.29) is 17.4 Å². The summed E-state index contributed by atoms with van der Waals surface area (Å²) >= 11 is 0. The Kier molecular flexibility index (Phi) is 4.15. The third-order valence-corrected chi connectivity index (χ3v) is 5.89. The summed E-state index contributed by atoms with van der Waals surface area (Å²) in [5.41, 5.74) is 1.27. The van der Waals surface area contributed by atoms with Gasteiger partial charge < -0.3 is 5.11 Å². The molecule has 0 bridgehead atoms. The SMILES string of the molecule is C[C@]1(O)C(=O)N(c2cncc(Cc3n[nH]c(=O)c4ccccc34)c2)C2=CC=CCC21. The van der Waals surface area contributed by atoms with E-state index in [0.29, 0.717) is 23.9 Å². The molecule has 1 amide bonds. The number of benzene rings is 1. The smallest absolute Gasteiger partial charge is 0.272 e. The topological polar surface area (TPSA) is 99.2 Å². The molecule has 1 aliphatic heterocycles. The molecule has 1 aromatic carbocycles. The maximum atomic E-state index is 13.0. The van der Waals surface area contributed by atoms with Crippen LogP contribution >= 0.6 is 0 Å². The lowest BCUT2D eigenvalue weighted by atomic mass is 9.85. The predicted octanol–water partition coefficient (Wildman–Crippen LogP) is 2.47. The average Bonchev–Trinajstić information content (AvgIpc) is 2.96. The van der Waals surface area contributed by atoms with Crippen molar-refractivity contribution >= 4 is 22.4 Å². The number of anilines is 1. The zero-order valence-corrected chi connectivity index (χ0v) is 16.4. The molecule has 30 heavy (non-hydrogen) atoms. The maximum absolute atomic E-state index is 13.0. The van der Waals surface area contributed by atoms with E-state index in [1.54, 1.807) is 30.3 Å². The minimum Gasteiger partial charge on any atom is -0.380 e. The van der Waals surface area contributed by atoms with Gasteiger partial charge in [-0.15, -0.1) is 0 Å². The molecule has 1 fully saturated rings. The monoisotopic (exact) mass is 400 g/mol. The van der Waals surface area contributed by atoms with Crippen LogP contribution in [0, 0.1) is 5.92 Å². The lowest BCUT2D eigenvalue weighted by Gasteiger charge is -2.22. The van der Waals surface area contributed by atoms with E-state index in [1.807, 2.05) is 42.5 Å². The Balaban J connectivity index is 1.54. The zero-order chi connectivity index (χ0) is 20.9. The van der Waals surface area contributed by atoms with Crippen molar-refractivity contribution in [1.29, 1.82) is 0 Å². The number of rotatable bonds is 3. The maximum Gasteiger partial charge on any atom is 0.272 e. The Morgan fingerprint density at radius 3 is 2.87 bits per heavy atom. The number of hydrogen-bond acceptors (Lipinski definition) is 5. The van der Waals surface area contributed by atoms with Crippen LogP contribution in [-0.4, -0.2) is 31.8 Å². The average molecular weight is 400 g/mol. The van der Waals surface area contributed by atoms with E-state index < -0.39 is 5.60 Å². The quantitative estimate of drug-likeness (QED) is 0.704. The number of nitrogens with zero attached hydrogens (tertiary/aromatic N) is 3. The second-order valence-electron chi connectivity index (χ2n) is 7.87. The number of fused-ring (bicyclic) bond motifs is 2. The van der Waals surface area contributed by atoms with Gasteiger partial charge in [0.25, 0.3) is 11.5 Å². The Hall–Kier alpha value is -3.58. The van der Waals surface area contributed by atoms with Gasteiger partial charge in [-0.25, -0.2) is 5.10 Å². The van der Waals surface area contributed by atoms with E-state index in [4.69, 9.17) is 0 Å². The highest BCUT2D eigenvalue weighted by Crippen LogP contribution is 2.43. The van der Waals surface area contributed by atoms with Crippen molar-refractivity contribution in [3.63, 3.8) is 0 Å². The number of amides is 1. The van der Waals surface area contributed by atoms with Crippen LogP contribution < -0.4 is 10.5 Å². The summed E-state index contributed by atoms with van der Waals surface area (Å²) in [4.78, 5) is 30.9. The molecular formula is C23H20N4O3. The number of aliphatic hydroxyl groups is 1. The van der Waals surface area contributed by atoms with Gasteiger partial charge in [0.05, 0.1) is 23.0 Å². The van der Waals surface area contributed by atoms with Gasteiger partial charge in [-0.1, -0.05) is 30.4 Å². The standard InChI is InChI=1S/C23H20N4O3/c1-23(30)18-8-4-5-9-20(18)27(22(23)29)15-10-14(12-24-13-15)11-19-16-6-2-3-7-17(16)21(28)26-25-19/h2-7,9-10,12-13,18,30H,8,11H2,1H3,(H,26,28)/t18?,23-/m1/s1. The first-order valence-corrected chi connectivity index (χ1v) is 9.80. The number of pyridine rings is 1. The van der Waals surface area contributed by atoms with E-state index in [2.05, 4.69) is 15.2 Å². The first-order chi connectivity index (χ1) is 14.5. The van der Waals surface area contributed by atoms with Crippen molar-refractivity contribution in [3.8, 4) is 0 Å². The second kappa shape index (κ2) is 6.74. The van der Waals surface area contributed by atoms with Crippen LogP contribution in [0.5, 0.6) is 0 Å². The first kappa shape index (κ1) is 18.4. The van der Waals surface area contributed by atoms with E-state index >= 15 is 0 Å². The van der Waals surface area contributed by atoms with Crippen LogP contribution in [0.1, 0.15) is 24.6 Å². The van der Waals surface area contributed by atoms with Gasteiger partial charge in [0.2, 0.25) is 0 Å². The molecule has 1 unspecified atom stereocenters. The van der Waals surface area contributed by atoms with Gasteiger partial charge in [0, 0.05) is 29.6 Å². The Labute approximate surface area is 172 Å². The summed E-state index contributed by atoms with van der Waals surface area (Å²) in [5.74, 6) is -0.627. The number of carbonyl (C=O) groups excluding carboxylic acids is 1. The van der Waals surface area contributed by atoms with E-state index in [0.717, 1.165) is 22.3 Å². The molecule has 2 N–H and O–H groups in total. The van der Waals surface area contributed by atoms with Gasteiger partial charge in [0.15, 0.2) is 0 Å². The molecule has 0 radical (unpaired) electrons. The number of allylic oxidation sites excluding steroid dienone is 3. The summed E-state index contributed by atoms with van der Waals surface area (Å²) in [7, 11) is 0. The molecule has 7 nitrogen and oxygen atoms in total. The highest BCUT2D eigenvalue weighted by Gasteiger charge is 2.53. The van der Waals surface area contributed by atoms with Crippen molar-refractivity contribution in [2.24, 2.45) is 5.92 Å². The molecule has 1 saturated heterocycles. The van der Waals surface area contributed by atoms with Crippen LogP contribution in [0.4, 0.5) is 5.69 Å². The molecule has 0 saturated carbocycles. The minimum atomic E-state index is -1.46. The number of H-pyrrole nitrogens is 1. The first-order valence-electron chi connectivity index (χ1n) is 9.80. The molecule has 1 aliphatic carbocycles. The van der Waals surface area contributed by atoms with Crippen LogP contribution in [0.3, 0.4) is 0 Å². The van der Waals surface area contributed by atoms with Crippen molar-refractivity contribution in [1.82, 2.24) is 15.2 Å². The summed E-state index contributed by atoms with van der Waals surface area (Å²) < 4.78 is 0. The highest BCUT2D eigenvalue weighted by molar-refractivity contribution is 6.06. The van der Waals surface area contributed by atoms with Gasteiger partial charge in [-0.3, -0.25) is 19.5 Å². The fourth-order valence-electron chi connectivity index (χ4n) is 4.32. The van der Waals surface area contributed by atoms with Crippen LogP contribution in [0.25, 0.3) is 10.8 Å². The van der Waals surface area contributed by atoms with Gasteiger partial charge in [-0.2, -0.15) is 5.10 Å². The van der Waals surface area contributed by atoms with Crippen molar-refractivity contribution < 1.29 is 9.90 Å². The summed E-state index contributed by atoms with van der Waals surface area (Å²) in [6.07, 6.45) is 10.1. The highest BCUT2D eigenvalue weighted by atomic mass is 16.3. The van der Waals surface area contributed by atoms with E-state index in [9.17, 15) is 14.7 Å². The van der Waals surface area contributed by atoms with Crippen molar-refractivity contribution in [2.45, 2.75) is 25.4 Å². The lowest BCUT2D eigenvalue weighted by molar-refractivity contribution is -0.134. The Morgan fingerprint density at radius 1 is 1.23 bits per heavy atom. The molecule has 0 spiro atoms. The molecule has 7 heteroatoms. The van der Waals surface area contributed by atoms with Crippen molar-refractivity contribution in [3.05, 3.63) is 88.3 Å². The molecule has 3 aromatic rings. The Morgan fingerprint density at radius 2 is 2.03 bits per heavy atom. The minimum absolute atomic E-state index is 0.227. The summed E-state index contributed by atoms with van der Waals surface area (Å²) in [6, 6.07) is 9.20. The van der Waals surface area contributed by atoms with Gasteiger partial charge in [-0.05, 0) is 37.1 Å². The molecule has 2 atom stereocenters. The normalized spacial score (nSPS) is 23.0. The zero-order valence-electron chi connectivity index (χ0n) is 16.4. The number of aromatic amines is 1. The number of carbonyl (C=O) groups is 1. The Bertz CT molecular complexity index is 1290. The predicted molar refractivity (Wildman–Crippen MR) is 113 cm³/mol. The molecule has 150 valence electrons. The fourth-order valence-corrected chi connectivity index (χ4v) is 4.32. The molecular weight excluding hydrogens is 380 g/mol. The second-order valence-corrected chi connectivity index (χ2v) is 7.87. The number of nitrogens with one attached hydrogen (secondary N) is 1. The van der Waals surface area contributed by atoms with E-state index in [1.165, 1.54) is 0 Å². The van der Waals surface area contributed by atoms with Crippen LogP contribution in [0.2, 0.25) is 0 Å². The lowest BCUT2D eigenvalue weighted by Crippen LogP contribution is -2.40. The van der Waals surface area contributed by atoms with Crippen molar-refractivity contribution in [2.75, 3.05) is 4.90 Å². The van der Waals surface area contributed by atoms with Crippen LogP contribution in [-0.2, 0) is 11.2 Å². The largest absolute Gasteiger partial charge is 0.380 e. The van der Waals surface area contributed by atoms with Gasteiger partial charge >= 0.3 is 0 Å². The number of aromatic nitrogens is 3. The molecule has 2 aliphatic rings.